The van der Waals surface area contributed by atoms with E-state index in [2.05, 4.69) is 31.1 Å². The van der Waals surface area contributed by atoms with Gasteiger partial charge < -0.3 is 25.8 Å². The van der Waals surface area contributed by atoms with Gasteiger partial charge in [0.05, 0.1) is 0 Å². The van der Waals surface area contributed by atoms with Gasteiger partial charge in [0.25, 0.3) is 0 Å². The van der Waals surface area contributed by atoms with Crippen LogP contribution >= 0.6 is 0 Å². The molecule has 5 aromatic carbocycles. The van der Waals surface area contributed by atoms with E-state index < -0.39 is 6.03 Å². The number of nitrogens with one attached hydrogen (secondary N) is 3. The van der Waals surface area contributed by atoms with Gasteiger partial charge in [0, 0.05) is 29.1 Å². The summed E-state index contributed by atoms with van der Waals surface area (Å²) in [4.78, 5) is 12.9. The molecule has 0 bridgehead atoms. The molecular weight excluding hydrogens is 554 g/mol. The zero-order chi connectivity index (χ0) is 30.1. The summed E-state index contributed by atoms with van der Waals surface area (Å²) in [6.07, 6.45) is 0. The van der Waals surface area contributed by atoms with Gasteiger partial charge in [-0.2, -0.15) is 5.10 Å². The maximum absolute atomic E-state index is 12.9. The molecule has 0 saturated heterocycles. The lowest BCUT2D eigenvalue weighted by Crippen LogP contribution is -2.19. The van der Waals surface area contributed by atoms with Gasteiger partial charge in [-0.1, -0.05) is 84.9 Å². The van der Waals surface area contributed by atoms with Crippen LogP contribution in [0.3, 0.4) is 0 Å². The molecule has 6 rings (SSSR count). The maximum Gasteiger partial charge on any atom is 0.323 e. The third-order valence-electron chi connectivity index (χ3n) is 6.34. The molecule has 10 nitrogen and oxygen atoms in total. The largest absolute Gasteiger partial charge is 0.455 e. The number of azo groups is 1. The number of carbonyl (C=O) groups excluding carboxylic acids is 1. The van der Waals surface area contributed by atoms with E-state index in [1.54, 1.807) is 24.3 Å². The van der Waals surface area contributed by atoms with Crippen LogP contribution in [-0.4, -0.2) is 16.2 Å². The first-order valence-electron chi connectivity index (χ1n) is 13.7. The van der Waals surface area contributed by atoms with Crippen LogP contribution in [0.5, 0.6) is 23.0 Å². The average molecular weight is 582 g/mol. The molecule has 44 heavy (non-hydrogen) atoms. The van der Waals surface area contributed by atoms with Crippen LogP contribution in [0.2, 0.25) is 0 Å². The van der Waals surface area contributed by atoms with E-state index in [1.807, 2.05) is 109 Å². The summed E-state index contributed by atoms with van der Waals surface area (Å²) in [6.45, 7) is 0. The fourth-order valence-corrected chi connectivity index (χ4v) is 4.30. The van der Waals surface area contributed by atoms with Crippen molar-refractivity contribution in [1.82, 2.24) is 10.2 Å². The zero-order valence-electron chi connectivity index (χ0n) is 23.3. The first-order chi connectivity index (χ1) is 21.6. The maximum atomic E-state index is 12.9. The Bertz CT molecular complexity index is 1820. The number of urea groups is 1. The molecule has 6 aromatic rings. The Kier molecular flexibility index (Phi) is 8.22. The van der Waals surface area contributed by atoms with E-state index in [1.165, 1.54) is 0 Å². The SMILES string of the molecule is Nc1[nH]nc(-c2ccccc2)c1N=Nc1c(Oc2ccccc2)cc(NC(=O)Nc2ccccc2)cc1Oc1ccccc1. The number of aromatic amines is 1. The van der Waals surface area contributed by atoms with E-state index >= 15 is 0 Å². The van der Waals surface area contributed by atoms with Gasteiger partial charge >= 0.3 is 6.03 Å². The van der Waals surface area contributed by atoms with Crippen molar-refractivity contribution in [1.29, 1.82) is 0 Å². The van der Waals surface area contributed by atoms with Crippen molar-refractivity contribution in [2.24, 2.45) is 10.2 Å². The third kappa shape index (κ3) is 6.72. The van der Waals surface area contributed by atoms with Gasteiger partial charge in [0.2, 0.25) is 0 Å². The van der Waals surface area contributed by atoms with Crippen molar-refractivity contribution in [2.75, 3.05) is 16.4 Å². The van der Waals surface area contributed by atoms with Crippen LogP contribution in [0, 0.1) is 0 Å². The summed E-state index contributed by atoms with van der Waals surface area (Å²) >= 11 is 0. The van der Waals surface area contributed by atoms with Crippen molar-refractivity contribution in [3.63, 3.8) is 0 Å². The summed E-state index contributed by atoms with van der Waals surface area (Å²) in [7, 11) is 0. The van der Waals surface area contributed by atoms with Gasteiger partial charge in [-0.3, -0.25) is 5.10 Å². The topological polar surface area (TPSA) is 139 Å². The fraction of sp³-hybridized carbons (Fsp3) is 0. The number of nitrogens with two attached hydrogens (primary N) is 1. The first kappa shape index (κ1) is 27.7. The van der Waals surface area contributed by atoms with Crippen LogP contribution in [0.25, 0.3) is 11.3 Å². The normalized spacial score (nSPS) is 10.8. The molecule has 2 amide bonds. The van der Waals surface area contributed by atoms with E-state index in [4.69, 9.17) is 15.2 Å². The van der Waals surface area contributed by atoms with E-state index in [0.717, 1.165) is 5.56 Å². The monoisotopic (exact) mass is 581 g/mol. The van der Waals surface area contributed by atoms with Crippen LogP contribution in [-0.2, 0) is 0 Å². The minimum Gasteiger partial charge on any atom is -0.455 e. The molecule has 0 unspecified atom stereocenters. The molecule has 1 heterocycles. The Morgan fingerprint density at radius 1 is 0.636 bits per heavy atom. The number of H-pyrrole nitrogens is 1. The van der Waals surface area contributed by atoms with Gasteiger partial charge in [0.15, 0.2) is 22.9 Å². The predicted molar refractivity (Wildman–Crippen MR) is 171 cm³/mol. The molecule has 0 spiro atoms. The van der Waals surface area contributed by atoms with Crippen LogP contribution in [0.15, 0.2) is 144 Å². The third-order valence-corrected chi connectivity index (χ3v) is 6.34. The molecule has 0 aliphatic rings. The number of hydrogen-bond acceptors (Lipinski definition) is 7. The molecule has 0 saturated carbocycles. The van der Waals surface area contributed by atoms with Crippen molar-refractivity contribution in [3.05, 3.63) is 133 Å². The minimum atomic E-state index is -0.444. The molecule has 5 N–H and O–H groups in total. The van der Waals surface area contributed by atoms with Crippen LogP contribution < -0.4 is 25.8 Å². The molecule has 0 fully saturated rings. The number of para-hydroxylation sites is 3. The summed E-state index contributed by atoms with van der Waals surface area (Å²) < 4.78 is 12.6. The lowest BCUT2D eigenvalue weighted by atomic mass is 10.1. The summed E-state index contributed by atoms with van der Waals surface area (Å²) in [5, 5.41) is 21.9. The van der Waals surface area contributed by atoms with Crippen molar-refractivity contribution in [3.8, 4) is 34.3 Å². The second kappa shape index (κ2) is 13.0. The lowest BCUT2D eigenvalue weighted by Gasteiger charge is -2.16. The number of aromatic nitrogens is 2. The number of ether oxygens (including phenoxy) is 2. The molecule has 1 aromatic heterocycles. The highest BCUT2D eigenvalue weighted by atomic mass is 16.5. The summed E-state index contributed by atoms with van der Waals surface area (Å²) in [5.41, 5.74) is 9.25. The number of anilines is 3. The number of nitrogen functional groups attached to an aromatic ring is 1. The Labute approximate surface area is 253 Å². The number of hydrogen-bond donors (Lipinski definition) is 4. The summed E-state index contributed by atoms with van der Waals surface area (Å²) in [6, 6.07) is 39.9. The highest BCUT2D eigenvalue weighted by molar-refractivity contribution is 6.00. The second-order valence-electron chi connectivity index (χ2n) is 9.50. The number of benzene rings is 5. The van der Waals surface area contributed by atoms with Crippen molar-refractivity contribution in [2.45, 2.75) is 0 Å². The number of rotatable bonds is 9. The molecule has 0 radical (unpaired) electrons. The molecule has 216 valence electrons. The van der Waals surface area contributed by atoms with E-state index in [-0.39, 0.29) is 23.0 Å². The molecule has 10 heteroatoms. The van der Waals surface area contributed by atoms with E-state index in [9.17, 15) is 4.79 Å². The van der Waals surface area contributed by atoms with Crippen LogP contribution in [0.1, 0.15) is 0 Å². The Morgan fingerprint density at radius 2 is 1.11 bits per heavy atom. The average Bonchev–Trinajstić information content (AvgIpc) is 3.42. The van der Waals surface area contributed by atoms with Crippen molar-refractivity contribution >= 4 is 34.6 Å². The minimum absolute atomic E-state index is 0.250. The summed E-state index contributed by atoms with van der Waals surface area (Å²) in [5.74, 6) is 1.92. The Hall–Kier alpha value is -6.42. The standard InChI is InChI=1S/C34H27N7O3/c35-33-32(30(38-41-33)23-13-5-1-6-14-23)40-39-31-28(43-26-17-9-3-10-18-26)21-25(22-29(31)44-27-19-11-4-12-20-27)37-34(42)36-24-15-7-2-8-16-24/h1-22H,(H3,35,38,41)(H2,36,37,42). The Morgan fingerprint density at radius 3 is 1.68 bits per heavy atom. The number of nitrogens with zero attached hydrogens (tertiary/aromatic N) is 3. The number of amides is 2. The Balaban J connectivity index is 1.43. The molecule has 0 aliphatic carbocycles. The second-order valence-corrected chi connectivity index (χ2v) is 9.50. The quantitative estimate of drug-likeness (QED) is 0.126. The van der Waals surface area contributed by atoms with Crippen LogP contribution in [0.4, 0.5) is 33.4 Å². The highest BCUT2D eigenvalue weighted by Crippen LogP contribution is 2.46. The zero-order valence-corrected chi connectivity index (χ0v) is 23.3. The number of carbonyl (C=O) groups is 1. The predicted octanol–water partition coefficient (Wildman–Crippen LogP) is 9.30. The molecule has 0 atom stereocenters. The van der Waals surface area contributed by atoms with Gasteiger partial charge in [0.1, 0.15) is 23.0 Å². The smallest absolute Gasteiger partial charge is 0.323 e. The molecular formula is C34H27N7O3. The van der Waals surface area contributed by atoms with Crippen molar-refractivity contribution < 1.29 is 14.3 Å². The highest BCUT2D eigenvalue weighted by Gasteiger charge is 2.19. The van der Waals surface area contributed by atoms with Gasteiger partial charge in [-0.25, -0.2) is 4.79 Å². The van der Waals surface area contributed by atoms with Gasteiger partial charge in [-0.15, -0.1) is 10.2 Å². The first-order valence-corrected chi connectivity index (χ1v) is 13.7. The fourth-order valence-electron chi connectivity index (χ4n) is 4.30. The lowest BCUT2D eigenvalue weighted by molar-refractivity contribution is 0.262. The molecule has 0 aliphatic heterocycles. The van der Waals surface area contributed by atoms with Gasteiger partial charge in [-0.05, 0) is 36.4 Å². The van der Waals surface area contributed by atoms with E-state index in [0.29, 0.717) is 34.3 Å².